The molecule has 0 saturated carbocycles. The molecule has 4 rings (SSSR count). The van der Waals surface area contributed by atoms with Crippen LogP contribution in [-0.2, 0) is 19.6 Å². The summed E-state index contributed by atoms with van der Waals surface area (Å²) in [5, 5.41) is 0.306. The second kappa shape index (κ2) is 9.62. The van der Waals surface area contributed by atoms with Gasteiger partial charge in [0.05, 0.1) is 35.7 Å². The number of para-hydroxylation sites is 2. The first-order valence-electron chi connectivity index (χ1n) is 10.4. The van der Waals surface area contributed by atoms with Gasteiger partial charge in [-0.15, -0.1) is 0 Å². The Labute approximate surface area is 196 Å². The summed E-state index contributed by atoms with van der Waals surface area (Å²) >= 11 is 1.18. The summed E-state index contributed by atoms with van der Waals surface area (Å²) in [6, 6.07) is 11.2. The van der Waals surface area contributed by atoms with E-state index >= 15 is 0 Å². The number of fused-ring (bicyclic) bond motifs is 1. The van der Waals surface area contributed by atoms with Crippen molar-refractivity contribution in [1.29, 1.82) is 0 Å². The van der Waals surface area contributed by atoms with Gasteiger partial charge < -0.3 is 18.8 Å². The predicted octanol–water partition coefficient (Wildman–Crippen LogP) is 3.37. The van der Waals surface area contributed by atoms with E-state index in [9.17, 15) is 13.2 Å². The number of nitrogens with one attached hydrogen (secondary N) is 1. The van der Waals surface area contributed by atoms with Crippen LogP contribution in [0.4, 0.5) is 5.69 Å². The van der Waals surface area contributed by atoms with Crippen LogP contribution in [0.3, 0.4) is 0 Å². The van der Waals surface area contributed by atoms with Crippen LogP contribution in [0, 0.1) is 0 Å². The molecule has 1 fully saturated rings. The van der Waals surface area contributed by atoms with Crippen LogP contribution in [0.15, 0.2) is 57.0 Å². The van der Waals surface area contributed by atoms with Crippen molar-refractivity contribution in [3.8, 4) is 5.75 Å². The van der Waals surface area contributed by atoms with Crippen LogP contribution >= 0.6 is 11.8 Å². The Morgan fingerprint density at radius 2 is 1.94 bits per heavy atom. The number of carbonyl (C=O) groups excluding carboxylic acids is 1. The molecule has 0 spiro atoms. The monoisotopic (exact) mass is 491 g/mol. The minimum Gasteiger partial charge on any atom is -0.495 e. The molecule has 0 aliphatic carbocycles. The maximum absolute atomic E-state index is 12.9. The zero-order valence-electron chi connectivity index (χ0n) is 18.5. The van der Waals surface area contributed by atoms with Crippen molar-refractivity contribution in [3.05, 3.63) is 42.5 Å². The molecule has 1 aliphatic heterocycles. The molecule has 1 aliphatic rings. The number of morpholine rings is 1. The molecule has 1 N–H and O–H groups in total. The zero-order chi connectivity index (χ0) is 23.6. The van der Waals surface area contributed by atoms with E-state index in [1.165, 1.54) is 31.0 Å². The summed E-state index contributed by atoms with van der Waals surface area (Å²) in [6.45, 7) is 4.99. The van der Waals surface area contributed by atoms with Gasteiger partial charge in [-0.05, 0) is 44.2 Å². The van der Waals surface area contributed by atoms with Gasteiger partial charge in [0, 0.05) is 13.1 Å². The van der Waals surface area contributed by atoms with E-state index in [2.05, 4.69) is 9.71 Å². The largest absolute Gasteiger partial charge is 0.495 e. The lowest BCUT2D eigenvalue weighted by molar-refractivity contribution is -0.140. The van der Waals surface area contributed by atoms with E-state index in [4.69, 9.17) is 13.9 Å². The lowest BCUT2D eigenvalue weighted by Crippen LogP contribution is -2.48. The first-order chi connectivity index (χ1) is 15.7. The first-order valence-corrected chi connectivity index (χ1v) is 12.8. The molecule has 1 amide bonds. The predicted molar refractivity (Wildman–Crippen MR) is 125 cm³/mol. The number of oxazole rings is 1. The molecule has 0 bridgehead atoms. The number of hydrogen-bond acceptors (Lipinski definition) is 8. The van der Waals surface area contributed by atoms with Crippen molar-refractivity contribution in [1.82, 2.24) is 9.88 Å². The molecule has 1 saturated heterocycles. The van der Waals surface area contributed by atoms with E-state index in [0.29, 0.717) is 40.8 Å². The van der Waals surface area contributed by atoms with Crippen LogP contribution < -0.4 is 9.46 Å². The van der Waals surface area contributed by atoms with Gasteiger partial charge in [0.2, 0.25) is 5.91 Å². The van der Waals surface area contributed by atoms with E-state index < -0.39 is 10.0 Å². The summed E-state index contributed by atoms with van der Waals surface area (Å²) < 4.78 is 44.8. The summed E-state index contributed by atoms with van der Waals surface area (Å²) in [5.74, 6) is 0.566. The minimum absolute atomic E-state index is 0.00291. The molecule has 33 heavy (non-hydrogen) atoms. The van der Waals surface area contributed by atoms with Crippen molar-refractivity contribution in [2.45, 2.75) is 36.2 Å². The summed E-state index contributed by atoms with van der Waals surface area (Å²) in [6.07, 6.45) is -0.00582. The number of sulfonamides is 1. The number of nitrogens with zero attached hydrogens (tertiary/aromatic N) is 2. The van der Waals surface area contributed by atoms with Crippen molar-refractivity contribution < 1.29 is 27.1 Å². The van der Waals surface area contributed by atoms with Crippen LogP contribution in [0.5, 0.6) is 5.75 Å². The van der Waals surface area contributed by atoms with Gasteiger partial charge in [0.1, 0.15) is 11.3 Å². The van der Waals surface area contributed by atoms with Crippen molar-refractivity contribution in [2.75, 3.05) is 30.7 Å². The summed E-state index contributed by atoms with van der Waals surface area (Å²) in [7, 11) is -2.40. The molecule has 176 valence electrons. The fourth-order valence-corrected chi connectivity index (χ4v) is 5.48. The maximum atomic E-state index is 12.9. The summed E-state index contributed by atoms with van der Waals surface area (Å²) in [5.41, 5.74) is 1.16. The highest BCUT2D eigenvalue weighted by atomic mass is 32.2. The fraction of sp³-hybridized carbons (Fsp3) is 0.364. The fourth-order valence-electron chi connectivity index (χ4n) is 3.64. The second-order valence-electron chi connectivity index (χ2n) is 7.76. The zero-order valence-corrected chi connectivity index (χ0v) is 20.1. The van der Waals surface area contributed by atoms with Gasteiger partial charge in [0.25, 0.3) is 15.2 Å². The molecule has 2 atom stereocenters. The Morgan fingerprint density at radius 1 is 1.21 bits per heavy atom. The summed E-state index contributed by atoms with van der Waals surface area (Å²) in [4.78, 5) is 18.8. The number of methoxy groups -OCH3 is 1. The lowest BCUT2D eigenvalue weighted by Gasteiger charge is -2.35. The van der Waals surface area contributed by atoms with E-state index in [1.54, 1.807) is 35.2 Å². The van der Waals surface area contributed by atoms with E-state index in [0.717, 1.165) is 0 Å². The quantitative estimate of drug-likeness (QED) is 0.501. The third kappa shape index (κ3) is 5.43. The van der Waals surface area contributed by atoms with Crippen LogP contribution in [0.1, 0.15) is 13.8 Å². The van der Waals surface area contributed by atoms with Gasteiger partial charge in [-0.25, -0.2) is 13.4 Å². The van der Waals surface area contributed by atoms with Crippen LogP contribution in [0.25, 0.3) is 11.1 Å². The number of thioether (sulfide) groups is 1. The van der Waals surface area contributed by atoms with Crippen LogP contribution in [0.2, 0.25) is 0 Å². The average molecular weight is 492 g/mol. The van der Waals surface area contributed by atoms with Gasteiger partial charge in [-0.1, -0.05) is 23.9 Å². The number of ether oxygens (including phenoxy) is 2. The van der Waals surface area contributed by atoms with Crippen LogP contribution in [-0.4, -0.2) is 62.4 Å². The maximum Gasteiger partial charge on any atom is 0.262 e. The number of anilines is 1. The van der Waals surface area contributed by atoms with Gasteiger partial charge >= 0.3 is 0 Å². The van der Waals surface area contributed by atoms with Gasteiger partial charge in [-0.3, -0.25) is 9.52 Å². The molecular weight excluding hydrogens is 466 g/mol. The second-order valence-corrected chi connectivity index (χ2v) is 10.4. The highest BCUT2D eigenvalue weighted by Crippen LogP contribution is 2.29. The number of carbonyl (C=O) groups is 1. The van der Waals surface area contributed by atoms with Gasteiger partial charge in [-0.2, -0.15) is 0 Å². The molecule has 1 aromatic heterocycles. The number of rotatable bonds is 7. The Balaban J connectivity index is 1.46. The Kier molecular flexibility index (Phi) is 6.82. The van der Waals surface area contributed by atoms with Crippen molar-refractivity contribution >= 4 is 44.5 Å². The first kappa shape index (κ1) is 23.4. The Bertz CT molecular complexity index is 1250. The SMILES string of the molecule is COc1ccccc1NS(=O)(=O)c1ccc2oc(SCC(=O)N3C[C@H](C)O[C@@H](C)C3)nc2c1. The molecule has 0 unspecified atom stereocenters. The van der Waals surface area contributed by atoms with E-state index in [-0.39, 0.29) is 28.8 Å². The van der Waals surface area contributed by atoms with E-state index in [1.807, 2.05) is 13.8 Å². The third-order valence-electron chi connectivity index (χ3n) is 5.09. The normalized spacial score (nSPS) is 18.9. The standard InChI is InChI=1S/C22H25N3O6S2/c1-14-11-25(12-15(2)30-14)21(26)13-32-22-23-18-10-16(8-9-20(18)31-22)33(27,28)24-17-6-4-5-7-19(17)29-3/h4-10,14-15,24H,11-13H2,1-3H3/t14-,15-/m0/s1. The van der Waals surface area contributed by atoms with Crippen molar-refractivity contribution in [3.63, 3.8) is 0 Å². The molecule has 2 heterocycles. The lowest BCUT2D eigenvalue weighted by atomic mass is 10.2. The number of hydrogen-bond donors (Lipinski definition) is 1. The molecule has 2 aromatic carbocycles. The Hall–Kier alpha value is -2.76. The number of amides is 1. The number of aromatic nitrogens is 1. The third-order valence-corrected chi connectivity index (χ3v) is 7.27. The van der Waals surface area contributed by atoms with Crippen molar-refractivity contribution in [2.24, 2.45) is 0 Å². The molecule has 11 heteroatoms. The average Bonchev–Trinajstić information content (AvgIpc) is 3.19. The number of benzene rings is 2. The van der Waals surface area contributed by atoms with Gasteiger partial charge in [0.15, 0.2) is 5.58 Å². The Morgan fingerprint density at radius 3 is 2.67 bits per heavy atom. The molecule has 0 radical (unpaired) electrons. The minimum atomic E-state index is -3.87. The topological polar surface area (TPSA) is 111 Å². The smallest absolute Gasteiger partial charge is 0.262 e. The highest BCUT2D eigenvalue weighted by Gasteiger charge is 2.26. The highest BCUT2D eigenvalue weighted by molar-refractivity contribution is 7.99. The molecule has 3 aromatic rings. The molecular formula is C22H25N3O6S2. The molecule has 9 nitrogen and oxygen atoms in total.